The molecule has 0 radical (unpaired) electrons. The molecule has 94 valence electrons. The second-order valence-electron chi connectivity index (χ2n) is 4.86. The Morgan fingerprint density at radius 3 is 2.26 bits per heavy atom. The Hall–Kier alpha value is -2.12. The third-order valence-corrected chi connectivity index (χ3v) is 3.52. The molecule has 1 nitrogen and oxygen atoms in total. The number of hydrogen-bond donors (Lipinski definition) is 1. The van der Waals surface area contributed by atoms with Gasteiger partial charge in [-0.05, 0) is 28.3 Å². The van der Waals surface area contributed by atoms with Gasteiger partial charge in [0, 0.05) is 6.04 Å². The molecule has 0 amide bonds. The van der Waals surface area contributed by atoms with Crippen molar-refractivity contribution in [1.82, 2.24) is 0 Å². The van der Waals surface area contributed by atoms with E-state index in [-0.39, 0.29) is 6.04 Å². The van der Waals surface area contributed by atoms with Crippen LogP contribution in [0.5, 0.6) is 0 Å². The maximum absolute atomic E-state index is 6.39. The van der Waals surface area contributed by atoms with E-state index >= 15 is 0 Å². The fraction of sp³-hybridized carbons (Fsp3) is 0.111. The molecule has 19 heavy (non-hydrogen) atoms. The summed E-state index contributed by atoms with van der Waals surface area (Å²) in [6, 6.07) is 25.2. The fourth-order valence-electron chi connectivity index (χ4n) is 2.55. The molecule has 1 atom stereocenters. The van der Waals surface area contributed by atoms with Crippen molar-refractivity contribution in [1.29, 1.82) is 0 Å². The van der Waals surface area contributed by atoms with Gasteiger partial charge in [-0.1, -0.05) is 72.8 Å². The van der Waals surface area contributed by atoms with E-state index in [0.717, 1.165) is 6.42 Å². The summed E-state index contributed by atoms with van der Waals surface area (Å²) in [6.07, 6.45) is 0.870. The molecule has 0 heterocycles. The SMILES string of the molecule is N[C@@H](Cc1ccccc1)c1cccc2ccccc12. The smallest absolute Gasteiger partial charge is 0.0341 e. The molecule has 0 aromatic heterocycles. The van der Waals surface area contributed by atoms with Gasteiger partial charge in [-0.15, -0.1) is 0 Å². The van der Waals surface area contributed by atoms with Crippen molar-refractivity contribution in [2.75, 3.05) is 0 Å². The van der Waals surface area contributed by atoms with Crippen molar-refractivity contribution < 1.29 is 0 Å². The Morgan fingerprint density at radius 1 is 0.737 bits per heavy atom. The number of hydrogen-bond acceptors (Lipinski definition) is 1. The third kappa shape index (κ3) is 2.51. The summed E-state index contributed by atoms with van der Waals surface area (Å²) < 4.78 is 0. The van der Waals surface area contributed by atoms with Crippen LogP contribution in [0, 0.1) is 0 Å². The Kier molecular flexibility index (Phi) is 3.30. The summed E-state index contributed by atoms with van der Waals surface area (Å²) in [4.78, 5) is 0. The van der Waals surface area contributed by atoms with Gasteiger partial charge in [0.1, 0.15) is 0 Å². The summed E-state index contributed by atoms with van der Waals surface area (Å²) in [5.74, 6) is 0. The molecule has 0 aliphatic rings. The molecule has 0 saturated carbocycles. The van der Waals surface area contributed by atoms with Crippen molar-refractivity contribution in [3.05, 3.63) is 83.9 Å². The number of nitrogens with two attached hydrogens (primary N) is 1. The lowest BCUT2D eigenvalue weighted by atomic mass is 9.95. The van der Waals surface area contributed by atoms with Gasteiger partial charge in [0.15, 0.2) is 0 Å². The Bertz CT molecular complexity index is 668. The zero-order valence-electron chi connectivity index (χ0n) is 10.8. The van der Waals surface area contributed by atoms with Crippen LogP contribution in [0.4, 0.5) is 0 Å². The predicted molar refractivity (Wildman–Crippen MR) is 81.0 cm³/mol. The lowest BCUT2D eigenvalue weighted by Crippen LogP contribution is -2.13. The summed E-state index contributed by atoms with van der Waals surface area (Å²) >= 11 is 0. The first kappa shape index (κ1) is 11.9. The zero-order valence-corrected chi connectivity index (χ0v) is 10.8. The highest BCUT2D eigenvalue weighted by Gasteiger charge is 2.10. The van der Waals surface area contributed by atoms with Gasteiger partial charge in [0.2, 0.25) is 0 Å². The highest BCUT2D eigenvalue weighted by molar-refractivity contribution is 5.86. The third-order valence-electron chi connectivity index (χ3n) is 3.52. The van der Waals surface area contributed by atoms with E-state index in [1.165, 1.54) is 21.9 Å². The number of rotatable bonds is 3. The molecule has 3 rings (SSSR count). The lowest BCUT2D eigenvalue weighted by Gasteiger charge is -2.15. The first-order valence-corrected chi connectivity index (χ1v) is 6.62. The normalized spacial score (nSPS) is 12.5. The maximum Gasteiger partial charge on any atom is 0.0341 e. The fourth-order valence-corrected chi connectivity index (χ4v) is 2.55. The Morgan fingerprint density at radius 2 is 1.42 bits per heavy atom. The van der Waals surface area contributed by atoms with E-state index < -0.39 is 0 Å². The summed E-state index contributed by atoms with van der Waals surface area (Å²) in [5, 5.41) is 2.51. The molecule has 0 unspecified atom stereocenters. The second-order valence-corrected chi connectivity index (χ2v) is 4.86. The van der Waals surface area contributed by atoms with E-state index in [0.29, 0.717) is 0 Å². The van der Waals surface area contributed by atoms with Crippen LogP contribution in [-0.4, -0.2) is 0 Å². The molecule has 2 N–H and O–H groups in total. The molecular formula is C18H17N. The second kappa shape index (κ2) is 5.25. The van der Waals surface area contributed by atoms with E-state index in [9.17, 15) is 0 Å². The standard InChI is InChI=1S/C18H17N/c19-18(13-14-7-2-1-3-8-14)17-12-6-10-15-9-4-5-11-16(15)17/h1-12,18H,13,19H2/t18-/m0/s1. The van der Waals surface area contributed by atoms with Crippen molar-refractivity contribution in [3.63, 3.8) is 0 Å². The molecule has 0 bridgehead atoms. The minimum atomic E-state index is 0.0356. The van der Waals surface area contributed by atoms with E-state index in [1.54, 1.807) is 0 Å². The van der Waals surface area contributed by atoms with Crippen LogP contribution < -0.4 is 5.73 Å². The monoisotopic (exact) mass is 247 g/mol. The first-order chi connectivity index (χ1) is 9.34. The molecule has 0 spiro atoms. The van der Waals surface area contributed by atoms with Crippen molar-refractivity contribution in [3.8, 4) is 0 Å². The molecule has 0 aliphatic heterocycles. The van der Waals surface area contributed by atoms with Gasteiger partial charge in [-0.25, -0.2) is 0 Å². The molecule has 0 aliphatic carbocycles. The van der Waals surface area contributed by atoms with Gasteiger partial charge in [0.25, 0.3) is 0 Å². The van der Waals surface area contributed by atoms with Gasteiger partial charge in [0.05, 0.1) is 0 Å². The Balaban J connectivity index is 1.96. The highest BCUT2D eigenvalue weighted by Crippen LogP contribution is 2.25. The average molecular weight is 247 g/mol. The minimum Gasteiger partial charge on any atom is -0.324 e. The van der Waals surface area contributed by atoms with Crippen molar-refractivity contribution in [2.45, 2.75) is 12.5 Å². The minimum absolute atomic E-state index is 0.0356. The van der Waals surface area contributed by atoms with Crippen molar-refractivity contribution >= 4 is 10.8 Å². The number of fused-ring (bicyclic) bond motifs is 1. The molecule has 3 aromatic rings. The maximum atomic E-state index is 6.39. The van der Waals surface area contributed by atoms with Gasteiger partial charge < -0.3 is 5.73 Å². The van der Waals surface area contributed by atoms with Gasteiger partial charge in [-0.3, -0.25) is 0 Å². The summed E-state index contributed by atoms with van der Waals surface area (Å²) in [7, 11) is 0. The Labute approximate surface area is 113 Å². The van der Waals surface area contributed by atoms with Crippen LogP contribution in [0.3, 0.4) is 0 Å². The van der Waals surface area contributed by atoms with Crippen LogP contribution in [-0.2, 0) is 6.42 Å². The molecular weight excluding hydrogens is 230 g/mol. The topological polar surface area (TPSA) is 26.0 Å². The van der Waals surface area contributed by atoms with Gasteiger partial charge in [-0.2, -0.15) is 0 Å². The van der Waals surface area contributed by atoms with Crippen LogP contribution in [0.15, 0.2) is 72.8 Å². The summed E-state index contributed by atoms with van der Waals surface area (Å²) in [6.45, 7) is 0. The summed E-state index contributed by atoms with van der Waals surface area (Å²) in [5.41, 5.74) is 8.90. The molecule has 0 saturated heterocycles. The average Bonchev–Trinajstić information content (AvgIpc) is 2.47. The molecule has 1 heteroatoms. The predicted octanol–water partition coefficient (Wildman–Crippen LogP) is 4.08. The van der Waals surface area contributed by atoms with Crippen LogP contribution in [0.2, 0.25) is 0 Å². The first-order valence-electron chi connectivity index (χ1n) is 6.62. The van der Waals surface area contributed by atoms with Gasteiger partial charge >= 0.3 is 0 Å². The highest BCUT2D eigenvalue weighted by atomic mass is 14.6. The molecule has 3 aromatic carbocycles. The van der Waals surface area contributed by atoms with Crippen LogP contribution in [0.25, 0.3) is 10.8 Å². The van der Waals surface area contributed by atoms with Crippen LogP contribution >= 0.6 is 0 Å². The zero-order chi connectivity index (χ0) is 13.1. The van der Waals surface area contributed by atoms with E-state index in [2.05, 4.69) is 66.7 Å². The largest absolute Gasteiger partial charge is 0.324 e. The quantitative estimate of drug-likeness (QED) is 0.741. The van der Waals surface area contributed by atoms with E-state index in [1.807, 2.05) is 6.07 Å². The lowest BCUT2D eigenvalue weighted by molar-refractivity contribution is 0.728. The van der Waals surface area contributed by atoms with E-state index in [4.69, 9.17) is 5.73 Å². The molecule has 0 fully saturated rings. The number of benzene rings is 3. The van der Waals surface area contributed by atoms with Crippen molar-refractivity contribution in [2.24, 2.45) is 5.73 Å². The van der Waals surface area contributed by atoms with Crippen LogP contribution in [0.1, 0.15) is 17.2 Å².